The van der Waals surface area contributed by atoms with Gasteiger partial charge in [-0.25, -0.2) is 0 Å². The van der Waals surface area contributed by atoms with Gasteiger partial charge in [-0.1, -0.05) is 19.8 Å². The molecule has 0 saturated heterocycles. The lowest BCUT2D eigenvalue weighted by Crippen LogP contribution is -2.35. The smallest absolute Gasteiger partial charge is 0.271 e. The third-order valence-electron chi connectivity index (χ3n) is 3.87. The van der Waals surface area contributed by atoms with Gasteiger partial charge in [-0.3, -0.25) is 9.48 Å². The van der Waals surface area contributed by atoms with Gasteiger partial charge in [0.15, 0.2) is 0 Å². The average Bonchev–Trinajstić information content (AvgIpc) is 2.93. The normalized spacial score (nSPS) is 17.9. The van der Waals surface area contributed by atoms with Crippen LogP contribution in [0.3, 0.4) is 0 Å². The fourth-order valence-electron chi connectivity index (χ4n) is 2.67. The zero-order valence-electron chi connectivity index (χ0n) is 11.2. The van der Waals surface area contributed by atoms with Crippen LogP contribution in [0, 0.1) is 5.41 Å². The molecule has 1 fully saturated rings. The average molecular weight is 250 g/mol. The summed E-state index contributed by atoms with van der Waals surface area (Å²) in [6.45, 7) is 5.56. The van der Waals surface area contributed by atoms with Crippen molar-refractivity contribution in [2.24, 2.45) is 5.41 Å². The molecule has 100 valence electrons. The second kappa shape index (κ2) is 5.00. The summed E-state index contributed by atoms with van der Waals surface area (Å²) in [5.74, 6) is -0.111. The number of nitrogen functional groups attached to an aromatic ring is 1. The van der Waals surface area contributed by atoms with Crippen LogP contribution in [0.2, 0.25) is 0 Å². The van der Waals surface area contributed by atoms with Crippen molar-refractivity contribution in [1.29, 1.82) is 0 Å². The number of amides is 1. The van der Waals surface area contributed by atoms with Crippen LogP contribution in [0.1, 0.15) is 50.0 Å². The molecular formula is C13H22N4O. The molecule has 1 amide bonds. The topological polar surface area (TPSA) is 72.9 Å². The van der Waals surface area contributed by atoms with Crippen LogP contribution in [0.5, 0.6) is 0 Å². The van der Waals surface area contributed by atoms with Crippen LogP contribution >= 0.6 is 0 Å². The van der Waals surface area contributed by atoms with Gasteiger partial charge >= 0.3 is 0 Å². The Hall–Kier alpha value is -1.52. The number of nitrogens with one attached hydrogen (secondary N) is 1. The van der Waals surface area contributed by atoms with Crippen LogP contribution in [-0.4, -0.2) is 22.2 Å². The molecule has 1 saturated carbocycles. The van der Waals surface area contributed by atoms with Gasteiger partial charge < -0.3 is 11.1 Å². The SMILES string of the molecule is CCn1ncc(N)c1C(=O)NCC1(C)CCCC1. The number of anilines is 1. The molecule has 0 atom stereocenters. The summed E-state index contributed by atoms with van der Waals surface area (Å²) in [6, 6.07) is 0. The largest absolute Gasteiger partial charge is 0.396 e. The van der Waals surface area contributed by atoms with Crippen molar-refractivity contribution in [3.05, 3.63) is 11.9 Å². The highest BCUT2D eigenvalue weighted by Crippen LogP contribution is 2.36. The molecule has 1 aliphatic carbocycles. The first-order chi connectivity index (χ1) is 8.56. The highest BCUT2D eigenvalue weighted by molar-refractivity contribution is 5.97. The molecule has 3 N–H and O–H groups in total. The molecule has 0 bridgehead atoms. The number of hydrogen-bond acceptors (Lipinski definition) is 3. The summed E-state index contributed by atoms with van der Waals surface area (Å²) in [5.41, 5.74) is 6.98. The van der Waals surface area contributed by atoms with Crippen molar-refractivity contribution in [2.45, 2.75) is 46.1 Å². The van der Waals surface area contributed by atoms with Crippen molar-refractivity contribution in [3.63, 3.8) is 0 Å². The third-order valence-corrected chi connectivity index (χ3v) is 3.87. The molecule has 1 aromatic heterocycles. The standard InChI is InChI=1S/C13H22N4O/c1-3-17-11(10(14)8-16-17)12(18)15-9-13(2)6-4-5-7-13/h8H,3-7,9,14H2,1-2H3,(H,15,18). The van der Waals surface area contributed by atoms with Gasteiger partial charge in [-0.05, 0) is 25.2 Å². The number of aromatic nitrogens is 2. The molecule has 5 heteroatoms. The lowest BCUT2D eigenvalue weighted by molar-refractivity contribution is 0.0924. The molecular weight excluding hydrogens is 228 g/mol. The molecule has 0 aliphatic heterocycles. The molecule has 18 heavy (non-hydrogen) atoms. The monoisotopic (exact) mass is 250 g/mol. The Morgan fingerprint density at radius 1 is 1.56 bits per heavy atom. The maximum atomic E-state index is 12.2. The molecule has 0 radical (unpaired) electrons. The molecule has 1 heterocycles. The summed E-state index contributed by atoms with van der Waals surface area (Å²) >= 11 is 0. The van der Waals surface area contributed by atoms with E-state index in [4.69, 9.17) is 5.73 Å². The summed E-state index contributed by atoms with van der Waals surface area (Å²) in [7, 11) is 0. The van der Waals surface area contributed by atoms with Crippen molar-refractivity contribution in [1.82, 2.24) is 15.1 Å². The van der Waals surface area contributed by atoms with E-state index in [1.807, 2.05) is 6.92 Å². The van der Waals surface area contributed by atoms with Crippen LogP contribution in [-0.2, 0) is 6.54 Å². The Morgan fingerprint density at radius 3 is 2.83 bits per heavy atom. The van der Waals surface area contributed by atoms with Crippen LogP contribution in [0.15, 0.2) is 6.20 Å². The first-order valence-electron chi connectivity index (χ1n) is 6.65. The van der Waals surface area contributed by atoms with Gasteiger partial charge in [0.2, 0.25) is 0 Å². The molecule has 0 spiro atoms. The van der Waals surface area contributed by atoms with Gasteiger partial charge in [0.1, 0.15) is 5.69 Å². The van der Waals surface area contributed by atoms with Gasteiger partial charge in [0.05, 0.1) is 11.9 Å². The maximum absolute atomic E-state index is 12.2. The quantitative estimate of drug-likeness (QED) is 0.855. The minimum atomic E-state index is -0.111. The summed E-state index contributed by atoms with van der Waals surface area (Å²) in [5, 5.41) is 7.09. The predicted molar refractivity (Wildman–Crippen MR) is 71.2 cm³/mol. The highest BCUT2D eigenvalue weighted by Gasteiger charge is 2.29. The fraction of sp³-hybridized carbons (Fsp3) is 0.692. The Balaban J connectivity index is 2.01. The Kier molecular flexibility index (Phi) is 3.59. The van der Waals surface area contributed by atoms with Crippen LogP contribution < -0.4 is 11.1 Å². The van der Waals surface area contributed by atoms with Crippen molar-refractivity contribution in [2.75, 3.05) is 12.3 Å². The lowest BCUT2D eigenvalue weighted by atomic mass is 9.89. The van der Waals surface area contributed by atoms with E-state index in [2.05, 4.69) is 17.3 Å². The van der Waals surface area contributed by atoms with Gasteiger partial charge in [-0.15, -0.1) is 0 Å². The summed E-state index contributed by atoms with van der Waals surface area (Å²) in [4.78, 5) is 12.2. The van der Waals surface area contributed by atoms with E-state index in [-0.39, 0.29) is 11.3 Å². The molecule has 2 rings (SSSR count). The lowest BCUT2D eigenvalue weighted by Gasteiger charge is -2.23. The zero-order valence-corrected chi connectivity index (χ0v) is 11.2. The second-order valence-corrected chi connectivity index (χ2v) is 5.46. The van der Waals surface area contributed by atoms with Crippen LogP contribution in [0.25, 0.3) is 0 Å². The predicted octanol–water partition coefficient (Wildman–Crippen LogP) is 1.80. The highest BCUT2D eigenvalue weighted by atomic mass is 16.2. The Morgan fingerprint density at radius 2 is 2.22 bits per heavy atom. The first-order valence-corrected chi connectivity index (χ1v) is 6.65. The van der Waals surface area contributed by atoms with E-state index in [9.17, 15) is 4.79 Å². The number of nitrogens with zero attached hydrogens (tertiary/aromatic N) is 2. The minimum absolute atomic E-state index is 0.111. The van der Waals surface area contributed by atoms with Gasteiger partial charge in [-0.2, -0.15) is 5.10 Å². The van der Waals surface area contributed by atoms with E-state index in [0.717, 1.165) is 6.54 Å². The maximum Gasteiger partial charge on any atom is 0.271 e. The van der Waals surface area contributed by atoms with E-state index in [0.29, 0.717) is 17.9 Å². The Bertz CT molecular complexity index is 432. The van der Waals surface area contributed by atoms with Gasteiger partial charge in [0, 0.05) is 13.1 Å². The minimum Gasteiger partial charge on any atom is -0.396 e. The molecule has 5 nitrogen and oxygen atoms in total. The second-order valence-electron chi connectivity index (χ2n) is 5.46. The van der Waals surface area contributed by atoms with E-state index < -0.39 is 0 Å². The number of nitrogens with two attached hydrogens (primary N) is 1. The zero-order chi connectivity index (χ0) is 13.2. The number of carbonyl (C=O) groups is 1. The van der Waals surface area contributed by atoms with Crippen molar-refractivity contribution >= 4 is 11.6 Å². The number of rotatable bonds is 4. The Labute approximate surface area is 108 Å². The number of hydrogen-bond donors (Lipinski definition) is 2. The first kappa shape index (κ1) is 12.9. The van der Waals surface area contributed by atoms with E-state index in [1.54, 1.807) is 4.68 Å². The van der Waals surface area contributed by atoms with Crippen molar-refractivity contribution < 1.29 is 4.79 Å². The van der Waals surface area contributed by atoms with E-state index >= 15 is 0 Å². The van der Waals surface area contributed by atoms with Gasteiger partial charge in [0.25, 0.3) is 5.91 Å². The fourth-order valence-corrected chi connectivity index (χ4v) is 2.67. The number of carbonyl (C=O) groups excluding carboxylic acids is 1. The van der Waals surface area contributed by atoms with Crippen molar-refractivity contribution in [3.8, 4) is 0 Å². The number of aryl methyl sites for hydroxylation is 1. The third kappa shape index (κ3) is 2.49. The van der Waals surface area contributed by atoms with E-state index in [1.165, 1.54) is 31.9 Å². The molecule has 0 aromatic carbocycles. The molecule has 1 aromatic rings. The van der Waals surface area contributed by atoms with Crippen LogP contribution in [0.4, 0.5) is 5.69 Å². The molecule has 0 unspecified atom stereocenters. The molecule has 1 aliphatic rings. The summed E-state index contributed by atoms with van der Waals surface area (Å²) in [6.07, 6.45) is 6.45. The summed E-state index contributed by atoms with van der Waals surface area (Å²) < 4.78 is 1.64.